The fourth-order valence-electron chi connectivity index (χ4n) is 3.08. The molecule has 0 bridgehead atoms. The summed E-state index contributed by atoms with van der Waals surface area (Å²) >= 11 is 3.04. The molecule has 0 saturated heterocycles. The van der Waals surface area contributed by atoms with E-state index in [1.807, 2.05) is 40.3 Å². The molecule has 4 aromatic rings. The van der Waals surface area contributed by atoms with Gasteiger partial charge in [-0.1, -0.05) is 13.0 Å². The molecule has 4 aromatic heterocycles. The Morgan fingerprint density at radius 1 is 1.22 bits per heavy atom. The van der Waals surface area contributed by atoms with Crippen molar-refractivity contribution in [2.75, 3.05) is 0 Å². The van der Waals surface area contributed by atoms with Gasteiger partial charge in [-0.05, 0) is 29.3 Å². The summed E-state index contributed by atoms with van der Waals surface area (Å²) in [6, 6.07) is 5.88. The van der Waals surface area contributed by atoms with E-state index in [-0.39, 0.29) is 11.5 Å². The summed E-state index contributed by atoms with van der Waals surface area (Å²) in [5.41, 5.74) is 0.785. The van der Waals surface area contributed by atoms with Gasteiger partial charge in [-0.2, -0.15) is 0 Å². The van der Waals surface area contributed by atoms with Crippen molar-refractivity contribution in [3.05, 3.63) is 50.0 Å². The Kier molecular flexibility index (Phi) is 5.04. The van der Waals surface area contributed by atoms with Crippen LogP contribution in [0, 0.1) is 0 Å². The van der Waals surface area contributed by atoms with Crippen molar-refractivity contribution < 1.29 is 4.79 Å². The van der Waals surface area contributed by atoms with Crippen LogP contribution >= 0.6 is 22.7 Å². The predicted molar refractivity (Wildman–Crippen MR) is 107 cm³/mol. The summed E-state index contributed by atoms with van der Waals surface area (Å²) in [5, 5.41) is 15.3. The quantitative estimate of drug-likeness (QED) is 0.516. The minimum absolute atomic E-state index is 0.0245. The summed E-state index contributed by atoms with van der Waals surface area (Å²) in [7, 11) is 0. The lowest BCUT2D eigenvalue weighted by molar-refractivity contribution is -0.121. The number of hydrogen-bond acceptors (Lipinski definition) is 6. The van der Waals surface area contributed by atoms with Crippen molar-refractivity contribution in [3.63, 3.8) is 0 Å². The van der Waals surface area contributed by atoms with Gasteiger partial charge < -0.3 is 5.32 Å². The van der Waals surface area contributed by atoms with Crippen LogP contribution in [0.2, 0.25) is 0 Å². The summed E-state index contributed by atoms with van der Waals surface area (Å²) in [5.74, 6) is 1.22. The number of rotatable bonds is 7. The second-order valence-corrected chi connectivity index (χ2v) is 8.15. The molecule has 4 rings (SSSR count). The van der Waals surface area contributed by atoms with Crippen LogP contribution in [-0.4, -0.2) is 25.1 Å². The highest BCUT2D eigenvalue weighted by atomic mass is 32.1. The molecule has 0 aliphatic heterocycles. The van der Waals surface area contributed by atoms with E-state index in [1.54, 1.807) is 15.9 Å². The molecule has 0 radical (unpaired) electrons. The maximum atomic E-state index is 12.7. The number of aryl methyl sites for hydroxylation is 2. The monoisotopic (exact) mass is 401 g/mol. The summed E-state index contributed by atoms with van der Waals surface area (Å²) < 4.78 is 4.28. The highest BCUT2D eigenvalue weighted by Gasteiger charge is 2.17. The average Bonchev–Trinajstić information content (AvgIpc) is 3.41. The normalized spacial score (nSPS) is 11.4. The van der Waals surface area contributed by atoms with Crippen LogP contribution in [0.4, 0.5) is 0 Å². The lowest BCUT2D eigenvalue weighted by atomic mass is 10.2. The van der Waals surface area contributed by atoms with E-state index in [2.05, 4.69) is 15.5 Å². The molecule has 0 aromatic carbocycles. The van der Waals surface area contributed by atoms with Gasteiger partial charge in [0.15, 0.2) is 0 Å². The van der Waals surface area contributed by atoms with Crippen molar-refractivity contribution >= 4 is 44.6 Å². The fraction of sp³-hybridized carbons (Fsp3) is 0.333. The van der Waals surface area contributed by atoms with Crippen molar-refractivity contribution in [2.24, 2.45) is 0 Å². The van der Waals surface area contributed by atoms with E-state index >= 15 is 0 Å². The standard InChI is InChI=1S/C18H19N5O2S2/c1-2-8-22-17(25)16-13(7-10-27-16)23-14(20-21-18(22)23)5-6-15(24)19-11-12-4-3-9-26-12/h3-4,7,9-10H,2,5-6,8,11H2,1H3,(H,19,24). The fourth-order valence-corrected chi connectivity index (χ4v) is 4.55. The number of nitrogens with zero attached hydrogens (tertiary/aromatic N) is 4. The Balaban J connectivity index is 1.59. The zero-order valence-corrected chi connectivity index (χ0v) is 16.5. The minimum atomic E-state index is -0.0259. The third kappa shape index (κ3) is 3.40. The number of aromatic nitrogens is 4. The molecule has 1 N–H and O–H groups in total. The maximum Gasteiger partial charge on any atom is 0.272 e. The lowest BCUT2D eigenvalue weighted by Gasteiger charge is -2.08. The Morgan fingerprint density at radius 2 is 2.11 bits per heavy atom. The molecule has 0 aliphatic carbocycles. The van der Waals surface area contributed by atoms with Crippen LogP contribution in [0.3, 0.4) is 0 Å². The average molecular weight is 402 g/mol. The van der Waals surface area contributed by atoms with Crippen molar-refractivity contribution in [2.45, 2.75) is 39.3 Å². The first kappa shape index (κ1) is 17.9. The van der Waals surface area contributed by atoms with Gasteiger partial charge in [0, 0.05) is 24.3 Å². The van der Waals surface area contributed by atoms with Gasteiger partial charge in [0.1, 0.15) is 10.5 Å². The number of thiophene rings is 2. The molecule has 7 nitrogen and oxygen atoms in total. The largest absolute Gasteiger partial charge is 0.351 e. The van der Waals surface area contributed by atoms with E-state index in [0.29, 0.717) is 42.2 Å². The van der Waals surface area contributed by atoms with Gasteiger partial charge in [0.25, 0.3) is 5.56 Å². The molecule has 27 heavy (non-hydrogen) atoms. The molecular formula is C18H19N5O2S2. The Morgan fingerprint density at radius 3 is 2.89 bits per heavy atom. The number of amides is 1. The third-order valence-electron chi connectivity index (χ3n) is 4.34. The topological polar surface area (TPSA) is 81.3 Å². The van der Waals surface area contributed by atoms with Crippen molar-refractivity contribution in [1.29, 1.82) is 0 Å². The van der Waals surface area contributed by atoms with Crippen LogP contribution in [0.5, 0.6) is 0 Å². The first-order valence-corrected chi connectivity index (χ1v) is 10.6. The summed E-state index contributed by atoms with van der Waals surface area (Å²) in [6.07, 6.45) is 1.62. The van der Waals surface area contributed by atoms with Gasteiger partial charge in [0.2, 0.25) is 11.7 Å². The molecule has 4 heterocycles. The number of carbonyl (C=O) groups is 1. The molecule has 0 spiro atoms. The van der Waals surface area contributed by atoms with E-state index < -0.39 is 0 Å². The van der Waals surface area contributed by atoms with E-state index in [4.69, 9.17) is 0 Å². The third-order valence-corrected chi connectivity index (χ3v) is 6.11. The highest BCUT2D eigenvalue weighted by molar-refractivity contribution is 7.17. The van der Waals surface area contributed by atoms with Gasteiger partial charge >= 0.3 is 0 Å². The second kappa shape index (κ2) is 7.61. The van der Waals surface area contributed by atoms with Crippen LogP contribution in [0.15, 0.2) is 33.8 Å². The van der Waals surface area contributed by atoms with Gasteiger partial charge in [-0.25, -0.2) is 0 Å². The summed E-state index contributed by atoms with van der Waals surface area (Å²) in [4.78, 5) is 26.0. The molecule has 0 aliphatic rings. The van der Waals surface area contributed by atoms with Gasteiger partial charge in [-0.3, -0.25) is 18.6 Å². The van der Waals surface area contributed by atoms with E-state index in [1.165, 1.54) is 11.3 Å². The summed E-state index contributed by atoms with van der Waals surface area (Å²) in [6.45, 7) is 3.16. The van der Waals surface area contributed by atoms with Crippen molar-refractivity contribution in [1.82, 2.24) is 24.5 Å². The molecule has 0 saturated carbocycles. The maximum absolute atomic E-state index is 12.7. The Hall–Kier alpha value is -2.52. The molecule has 9 heteroatoms. The Bertz CT molecular complexity index is 1140. The van der Waals surface area contributed by atoms with E-state index in [9.17, 15) is 9.59 Å². The molecule has 0 fully saturated rings. The molecule has 0 unspecified atom stereocenters. The molecule has 140 valence electrons. The van der Waals surface area contributed by atoms with Gasteiger partial charge in [-0.15, -0.1) is 32.9 Å². The van der Waals surface area contributed by atoms with Crippen LogP contribution in [0.25, 0.3) is 16.0 Å². The first-order valence-electron chi connectivity index (χ1n) is 8.82. The van der Waals surface area contributed by atoms with Crippen LogP contribution < -0.4 is 10.9 Å². The number of nitrogens with one attached hydrogen (secondary N) is 1. The smallest absolute Gasteiger partial charge is 0.272 e. The van der Waals surface area contributed by atoms with Gasteiger partial charge in [0.05, 0.1) is 12.1 Å². The minimum Gasteiger partial charge on any atom is -0.351 e. The van der Waals surface area contributed by atoms with Crippen LogP contribution in [0.1, 0.15) is 30.5 Å². The number of fused-ring (bicyclic) bond motifs is 3. The SMILES string of the molecule is CCCn1c(=O)c2sccc2n2c(CCC(=O)NCc3cccs3)nnc12. The zero-order chi connectivity index (χ0) is 18.8. The molecular weight excluding hydrogens is 382 g/mol. The lowest BCUT2D eigenvalue weighted by Crippen LogP contribution is -2.24. The van der Waals surface area contributed by atoms with Crippen molar-refractivity contribution in [3.8, 4) is 0 Å². The second-order valence-electron chi connectivity index (χ2n) is 6.20. The first-order chi connectivity index (χ1) is 13.2. The molecule has 0 atom stereocenters. The molecule has 1 amide bonds. The predicted octanol–water partition coefficient (Wildman–Crippen LogP) is 2.83. The number of carbonyl (C=O) groups excluding carboxylic acids is 1. The Labute approximate surface area is 163 Å². The van der Waals surface area contributed by atoms with E-state index in [0.717, 1.165) is 16.8 Å². The number of hydrogen-bond donors (Lipinski definition) is 1. The van der Waals surface area contributed by atoms with Crippen LogP contribution in [-0.2, 0) is 24.3 Å². The zero-order valence-electron chi connectivity index (χ0n) is 14.8. The highest BCUT2D eigenvalue weighted by Crippen LogP contribution is 2.20.